The molecule has 0 radical (unpaired) electrons. The van der Waals surface area contributed by atoms with Crippen LogP contribution in [0.25, 0.3) is 0 Å². The predicted molar refractivity (Wildman–Crippen MR) is 122 cm³/mol. The van der Waals surface area contributed by atoms with Crippen molar-refractivity contribution in [3.05, 3.63) is 58.1 Å². The molecule has 0 bridgehead atoms. The average molecular weight is 501 g/mol. The monoisotopic (exact) mass is 500 g/mol. The SMILES string of the molecule is O=C(CCCCCNCc1ccccc1C(F)(F)F)Nc1ccn(C2CSC(CO)O2)c(=O)n1. The molecule has 3 N–H and O–H groups in total. The van der Waals surface area contributed by atoms with Crippen molar-refractivity contribution in [2.75, 3.05) is 24.2 Å². The Labute approximate surface area is 198 Å². The molecular formula is C22H27F3N4O4S. The fourth-order valence-electron chi connectivity index (χ4n) is 3.48. The Morgan fingerprint density at radius 2 is 2.03 bits per heavy atom. The molecule has 1 aromatic heterocycles. The van der Waals surface area contributed by atoms with Gasteiger partial charge in [0.25, 0.3) is 0 Å². The number of aromatic nitrogens is 2. The Morgan fingerprint density at radius 1 is 1.24 bits per heavy atom. The Morgan fingerprint density at radius 3 is 2.74 bits per heavy atom. The van der Waals surface area contributed by atoms with Gasteiger partial charge in [0.2, 0.25) is 5.91 Å². The number of aliphatic hydroxyl groups excluding tert-OH is 1. The highest BCUT2D eigenvalue weighted by atomic mass is 32.2. The van der Waals surface area contributed by atoms with Gasteiger partial charge in [0.1, 0.15) is 17.5 Å². The van der Waals surface area contributed by atoms with Crippen molar-refractivity contribution in [2.45, 2.75) is 50.1 Å². The first kappa shape index (κ1) is 26.2. The molecular weight excluding hydrogens is 473 g/mol. The zero-order valence-corrected chi connectivity index (χ0v) is 19.2. The van der Waals surface area contributed by atoms with E-state index >= 15 is 0 Å². The molecule has 1 aliphatic rings. The number of nitrogens with zero attached hydrogens (tertiary/aromatic N) is 2. The lowest BCUT2D eigenvalue weighted by Crippen LogP contribution is -2.29. The maximum absolute atomic E-state index is 13.0. The van der Waals surface area contributed by atoms with Crippen molar-refractivity contribution >= 4 is 23.5 Å². The van der Waals surface area contributed by atoms with E-state index in [1.807, 2.05) is 0 Å². The molecule has 2 unspecified atom stereocenters. The lowest BCUT2D eigenvalue weighted by molar-refractivity contribution is -0.138. The molecule has 3 rings (SSSR count). The van der Waals surface area contributed by atoms with Crippen LogP contribution in [0.5, 0.6) is 0 Å². The van der Waals surface area contributed by atoms with Gasteiger partial charge < -0.3 is 20.5 Å². The number of ether oxygens (including phenoxy) is 1. The van der Waals surface area contributed by atoms with E-state index in [1.165, 1.54) is 40.7 Å². The molecule has 12 heteroatoms. The zero-order valence-electron chi connectivity index (χ0n) is 18.4. The van der Waals surface area contributed by atoms with Crippen LogP contribution in [0.2, 0.25) is 0 Å². The van der Waals surface area contributed by atoms with Gasteiger partial charge in [-0.1, -0.05) is 24.6 Å². The fraction of sp³-hybridized carbons (Fsp3) is 0.500. The van der Waals surface area contributed by atoms with Crippen LogP contribution in [0.1, 0.15) is 43.0 Å². The Bertz CT molecular complexity index is 1020. The maximum Gasteiger partial charge on any atom is 0.416 e. The van der Waals surface area contributed by atoms with Crippen molar-refractivity contribution in [3.8, 4) is 0 Å². The molecule has 2 aromatic rings. The number of aliphatic hydroxyl groups is 1. The third-order valence-corrected chi connectivity index (χ3v) is 6.30. The third kappa shape index (κ3) is 7.55. The van der Waals surface area contributed by atoms with Gasteiger partial charge in [0, 0.05) is 24.9 Å². The lowest BCUT2D eigenvalue weighted by atomic mass is 10.1. The summed E-state index contributed by atoms with van der Waals surface area (Å²) < 4.78 is 45.8. The number of benzene rings is 1. The summed E-state index contributed by atoms with van der Waals surface area (Å²) in [7, 11) is 0. The summed E-state index contributed by atoms with van der Waals surface area (Å²) >= 11 is 1.41. The molecule has 8 nitrogen and oxygen atoms in total. The largest absolute Gasteiger partial charge is 0.416 e. The van der Waals surface area contributed by atoms with Crippen molar-refractivity contribution in [3.63, 3.8) is 0 Å². The van der Waals surface area contributed by atoms with Crippen LogP contribution < -0.4 is 16.3 Å². The molecule has 1 fully saturated rings. The van der Waals surface area contributed by atoms with Crippen molar-refractivity contribution in [1.29, 1.82) is 0 Å². The molecule has 2 atom stereocenters. The molecule has 2 heterocycles. The van der Waals surface area contributed by atoms with E-state index in [-0.39, 0.29) is 42.3 Å². The molecule has 34 heavy (non-hydrogen) atoms. The molecule has 0 aliphatic carbocycles. The van der Waals surface area contributed by atoms with Gasteiger partial charge in [-0.15, -0.1) is 11.8 Å². The van der Waals surface area contributed by atoms with Crippen LogP contribution in [0.15, 0.2) is 41.3 Å². The molecule has 0 spiro atoms. The van der Waals surface area contributed by atoms with Gasteiger partial charge >= 0.3 is 11.9 Å². The number of carbonyl (C=O) groups excluding carboxylic acids is 1. The van der Waals surface area contributed by atoms with Crippen molar-refractivity contribution < 1.29 is 27.8 Å². The van der Waals surface area contributed by atoms with Crippen molar-refractivity contribution in [1.82, 2.24) is 14.9 Å². The van der Waals surface area contributed by atoms with Gasteiger partial charge in [0.05, 0.1) is 12.2 Å². The Kier molecular flexibility index (Phi) is 9.51. The Balaban J connectivity index is 1.33. The van der Waals surface area contributed by atoms with E-state index in [9.17, 15) is 22.8 Å². The average Bonchev–Trinajstić information content (AvgIpc) is 3.27. The lowest BCUT2D eigenvalue weighted by Gasteiger charge is -2.14. The van der Waals surface area contributed by atoms with Crippen LogP contribution in [-0.4, -0.2) is 44.9 Å². The minimum Gasteiger partial charge on any atom is -0.393 e. The first-order valence-corrected chi connectivity index (χ1v) is 12.0. The smallest absolute Gasteiger partial charge is 0.393 e. The first-order valence-electron chi connectivity index (χ1n) is 10.9. The predicted octanol–water partition coefficient (Wildman–Crippen LogP) is 3.13. The van der Waals surface area contributed by atoms with E-state index in [0.717, 1.165) is 12.5 Å². The second-order valence-electron chi connectivity index (χ2n) is 7.73. The van der Waals surface area contributed by atoms with Crippen LogP contribution in [0.3, 0.4) is 0 Å². The number of carbonyl (C=O) groups is 1. The number of alkyl halides is 3. The molecule has 1 aromatic carbocycles. The van der Waals surface area contributed by atoms with Gasteiger partial charge in [-0.25, -0.2) is 4.79 Å². The molecule has 0 saturated carbocycles. The topological polar surface area (TPSA) is 105 Å². The highest BCUT2D eigenvalue weighted by Crippen LogP contribution is 2.32. The minimum atomic E-state index is -4.38. The van der Waals surface area contributed by atoms with Crippen LogP contribution >= 0.6 is 11.8 Å². The summed E-state index contributed by atoms with van der Waals surface area (Å²) in [4.78, 5) is 28.2. The number of unbranched alkanes of at least 4 members (excludes halogenated alkanes) is 2. The molecule has 1 saturated heterocycles. The van der Waals surface area contributed by atoms with E-state index in [0.29, 0.717) is 25.1 Å². The summed E-state index contributed by atoms with van der Waals surface area (Å²) in [6.07, 6.45) is -1.12. The summed E-state index contributed by atoms with van der Waals surface area (Å²) in [5, 5.41) is 14.7. The number of thioether (sulfide) groups is 1. The quantitative estimate of drug-likeness (QED) is 0.407. The summed E-state index contributed by atoms with van der Waals surface area (Å²) in [5.74, 6) is 0.396. The number of amides is 1. The molecule has 1 aliphatic heterocycles. The first-order chi connectivity index (χ1) is 16.3. The second kappa shape index (κ2) is 12.3. The van der Waals surface area contributed by atoms with E-state index < -0.39 is 23.7 Å². The minimum absolute atomic E-state index is 0.124. The van der Waals surface area contributed by atoms with Gasteiger partial charge in [-0.3, -0.25) is 9.36 Å². The van der Waals surface area contributed by atoms with Gasteiger partial charge in [0.15, 0.2) is 0 Å². The van der Waals surface area contributed by atoms with E-state index in [2.05, 4.69) is 15.6 Å². The summed E-state index contributed by atoms with van der Waals surface area (Å²) in [6, 6.07) is 6.99. The number of rotatable bonds is 11. The van der Waals surface area contributed by atoms with E-state index in [1.54, 1.807) is 6.07 Å². The summed E-state index contributed by atoms with van der Waals surface area (Å²) in [6.45, 7) is 0.518. The standard InChI is InChI=1S/C22H27F3N4O4S/c23-22(24,25)16-7-4-3-6-15(16)12-26-10-5-1-2-8-18(31)27-17-9-11-29(21(32)28-17)19-14-34-20(13-30)33-19/h3-4,6-7,9,11,19-20,26,30H,1-2,5,8,10,12-14H2,(H,27,28,31,32). The number of hydrogen-bond donors (Lipinski definition) is 3. The van der Waals surface area contributed by atoms with Gasteiger partial charge in [-0.2, -0.15) is 18.2 Å². The van der Waals surface area contributed by atoms with Crippen molar-refractivity contribution in [2.24, 2.45) is 0 Å². The third-order valence-electron chi connectivity index (χ3n) is 5.19. The van der Waals surface area contributed by atoms with E-state index in [4.69, 9.17) is 9.84 Å². The fourth-order valence-corrected chi connectivity index (χ4v) is 4.41. The number of hydrogen-bond acceptors (Lipinski definition) is 7. The molecule has 186 valence electrons. The van der Waals surface area contributed by atoms with Crippen LogP contribution in [0, 0.1) is 0 Å². The summed E-state index contributed by atoms with van der Waals surface area (Å²) in [5.41, 5.74) is -1.36. The number of anilines is 1. The highest BCUT2D eigenvalue weighted by molar-refractivity contribution is 8.00. The maximum atomic E-state index is 13.0. The second-order valence-corrected chi connectivity index (χ2v) is 8.92. The number of halogens is 3. The van der Waals surface area contributed by atoms with Gasteiger partial charge in [-0.05, 0) is 37.1 Å². The zero-order chi connectivity index (χ0) is 24.6. The van der Waals surface area contributed by atoms with Crippen LogP contribution in [-0.2, 0) is 22.3 Å². The number of nitrogens with one attached hydrogen (secondary N) is 2. The highest BCUT2D eigenvalue weighted by Gasteiger charge is 2.32. The molecule has 1 amide bonds. The Hall–Kier alpha value is -2.41. The normalized spacial score (nSPS) is 18.2. The van der Waals surface area contributed by atoms with Crippen LogP contribution in [0.4, 0.5) is 19.0 Å².